The van der Waals surface area contributed by atoms with Crippen molar-refractivity contribution in [1.82, 2.24) is 15.3 Å². The van der Waals surface area contributed by atoms with Gasteiger partial charge in [0, 0.05) is 12.1 Å². The van der Waals surface area contributed by atoms with Gasteiger partial charge in [-0.3, -0.25) is 9.59 Å². The Balaban J connectivity index is 1.71. The number of imidazole rings is 1. The van der Waals surface area contributed by atoms with Crippen molar-refractivity contribution in [3.05, 3.63) is 30.1 Å². The molecule has 104 valence electrons. The first-order chi connectivity index (χ1) is 9.61. The predicted octanol–water partition coefficient (Wildman–Crippen LogP) is 1.55. The summed E-state index contributed by atoms with van der Waals surface area (Å²) in [7, 11) is 0. The maximum atomic E-state index is 12.1. The molecule has 3 N–H and O–H groups in total. The highest BCUT2D eigenvalue weighted by Gasteiger charge is 2.44. The average Bonchev–Trinajstić information content (AvgIpc) is 2.83. The van der Waals surface area contributed by atoms with Crippen molar-refractivity contribution in [1.29, 1.82) is 0 Å². The molecular weight excluding hydrogens is 258 g/mol. The number of H-pyrrole nitrogens is 1. The summed E-state index contributed by atoms with van der Waals surface area (Å²) in [4.78, 5) is 30.3. The Morgan fingerprint density at radius 2 is 2.20 bits per heavy atom. The number of aliphatic carboxylic acids is 1. The number of nitrogens with one attached hydrogen (secondary N) is 2. The Kier molecular flexibility index (Phi) is 2.93. The maximum Gasteiger partial charge on any atom is 0.311 e. The van der Waals surface area contributed by atoms with Crippen molar-refractivity contribution in [2.75, 3.05) is 6.54 Å². The molecule has 6 nitrogen and oxygen atoms in total. The zero-order valence-corrected chi connectivity index (χ0v) is 10.8. The number of carbonyl (C=O) groups excluding carboxylic acids is 1. The van der Waals surface area contributed by atoms with Crippen LogP contribution in [-0.4, -0.2) is 33.5 Å². The van der Waals surface area contributed by atoms with Gasteiger partial charge in [-0.25, -0.2) is 4.98 Å². The largest absolute Gasteiger partial charge is 0.481 e. The molecule has 1 aromatic heterocycles. The Hall–Kier alpha value is -2.37. The van der Waals surface area contributed by atoms with Crippen LogP contribution in [0.25, 0.3) is 11.0 Å². The fraction of sp³-hybridized carbons (Fsp3) is 0.357. The Bertz CT molecular complexity index is 673. The zero-order valence-electron chi connectivity index (χ0n) is 10.8. The summed E-state index contributed by atoms with van der Waals surface area (Å²) >= 11 is 0. The number of fused-ring (bicyclic) bond motifs is 1. The highest BCUT2D eigenvalue weighted by Crippen LogP contribution is 2.40. The second-order valence-corrected chi connectivity index (χ2v) is 5.26. The number of hydrogen-bond donors (Lipinski definition) is 3. The molecule has 1 aliphatic carbocycles. The molecule has 0 aliphatic heterocycles. The Labute approximate surface area is 115 Å². The van der Waals surface area contributed by atoms with Gasteiger partial charge in [-0.05, 0) is 31.0 Å². The number of carbonyl (C=O) groups is 2. The number of nitrogens with zero attached hydrogens (tertiary/aromatic N) is 1. The standard InChI is InChI=1S/C14H15N3O3/c18-12(15-7-14(13(19)20)4-1-5-14)9-2-3-10-11(6-9)17-8-16-10/h2-3,6,8H,1,4-5,7H2,(H,15,18)(H,16,17)(H,19,20). The predicted molar refractivity (Wildman–Crippen MR) is 72.3 cm³/mol. The summed E-state index contributed by atoms with van der Waals surface area (Å²) in [5.41, 5.74) is 1.31. The average molecular weight is 273 g/mol. The number of aromatic amines is 1. The maximum absolute atomic E-state index is 12.1. The van der Waals surface area contributed by atoms with Crippen LogP contribution in [0, 0.1) is 5.41 Å². The molecule has 0 radical (unpaired) electrons. The van der Waals surface area contributed by atoms with Crippen molar-refractivity contribution < 1.29 is 14.7 Å². The van der Waals surface area contributed by atoms with E-state index in [0.717, 1.165) is 17.5 Å². The molecule has 1 heterocycles. The van der Waals surface area contributed by atoms with Crippen LogP contribution in [0.2, 0.25) is 0 Å². The second-order valence-electron chi connectivity index (χ2n) is 5.26. The van der Waals surface area contributed by atoms with Gasteiger partial charge in [0.1, 0.15) is 0 Å². The summed E-state index contributed by atoms with van der Waals surface area (Å²) in [5.74, 6) is -1.08. The highest BCUT2D eigenvalue weighted by atomic mass is 16.4. The molecule has 6 heteroatoms. The lowest BCUT2D eigenvalue weighted by atomic mass is 9.69. The molecule has 20 heavy (non-hydrogen) atoms. The van der Waals surface area contributed by atoms with Crippen LogP contribution in [0.1, 0.15) is 29.6 Å². The Morgan fingerprint density at radius 3 is 2.85 bits per heavy atom. The first kappa shape index (κ1) is 12.7. The van der Waals surface area contributed by atoms with E-state index in [4.69, 9.17) is 0 Å². The second kappa shape index (κ2) is 4.63. The van der Waals surface area contributed by atoms with Gasteiger partial charge >= 0.3 is 5.97 Å². The number of carboxylic acid groups (broad SMARTS) is 1. The molecule has 0 saturated heterocycles. The fourth-order valence-electron chi connectivity index (χ4n) is 2.50. The summed E-state index contributed by atoms with van der Waals surface area (Å²) in [6, 6.07) is 5.16. The number of carboxylic acids is 1. The van der Waals surface area contributed by atoms with Crippen molar-refractivity contribution >= 4 is 22.9 Å². The molecule has 1 aromatic carbocycles. The van der Waals surface area contributed by atoms with E-state index in [2.05, 4.69) is 15.3 Å². The highest BCUT2D eigenvalue weighted by molar-refractivity contribution is 5.97. The quantitative estimate of drug-likeness (QED) is 0.787. The number of amides is 1. The number of rotatable bonds is 4. The van der Waals surface area contributed by atoms with E-state index in [1.54, 1.807) is 24.5 Å². The van der Waals surface area contributed by atoms with Gasteiger partial charge in [0.15, 0.2) is 0 Å². The third kappa shape index (κ3) is 2.03. The SMILES string of the molecule is O=C(NCC1(C(=O)O)CCC1)c1ccc2nc[nH]c2c1. The van der Waals surface area contributed by atoms with Crippen molar-refractivity contribution in [2.45, 2.75) is 19.3 Å². The summed E-state index contributed by atoms with van der Waals surface area (Å²) < 4.78 is 0. The lowest BCUT2D eigenvalue weighted by Gasteiger charge is -2.37. The fourth-order valence-corrected chi connectivity index (χ4v) is 2.50. The number of aromatic nitrogens is 2. The molecule has 3 rings (SSSR count). The van der Waals surface area contributed by atoms with Crippen LogP contribution in [0.15, 0.2) is 24.5 Å². The van der Waals surface area contributed by atoms with Crippen LogP contribution >= 0.6 is 0 Å². The van der Waals surface area contributed by atoms with Gasteiger partial charge in [0.05, 0.1) is 22.8 Å². The topological polar surface area (TPSA) is 95.1 Å². The number of benzene rings is 1. The number of hydrogen-bond acceptors (Lipinski definition) is 3. The van der Waals surface area contributed by atoms with Crippen LogP contribution in [-0.2, 0) is 4.79 Å². The molecule has 0 bridgehead atoms. The summed E-state index contributed by atoms with van der Waals surface area (Å²) in [5, 5.41) is 11.9. The third-order valence-corrected chi connectivity index (χ3v) is 4.03. The van der Waals surface area contributed by atoms with Crippen molar-refractivity contribution in [2.24, 2.45) is 5.41 Å². The lowest BCUT2D eigenvalue weighted by molar-refractivity contribution is -0.153. The zero-order chi connectivity index (χ0) is 14.2. The lowest BCUT2D eigenvalue weighted by Crippen LogP contribution is -2.47. The van der Waals surface area contributed by atoms with Crippen LogP contribution < -0.4 is 5.32 Å². The summed E-state index contributed by atoms with van der Waals surface area (Å²) in [6.45, 7) is 0.183. The normalized spacial score (nSPS) is 16.6. The van der Waals surface area contributed by atoms with E-state index < -0.39 is 11.4 Å². The van der Waals surface area contributed by atoms with E-state index in [9.17, 15) is 14.7 Å². The van der Waals surface area contributed by atoms with Crippen LogP contribution in [0.5, 0.6) is 0 Å². The minimum absolute atomic E-state index is 0.183. The molecule has 1 saturated carbocycles. The molecule has 2 aromatic rings. The van der Waals surface area contributed by atoms with Gasteiger partial charge in [0.2, 0.25) is 0 Å². The third-order valence-electron chi connectivity index (χ3n) is 4.03. The van der Waals surface area contributed by atoms with Crippen LogP contribution in [0.4, 0.5) is 0 Å². The monoisotopic (exact) mass is 273 g/mol. The minimum atomic E-state index is -0.826. The molecule has 0 atom stereocenters. The van der Waals surface area contributed by atoms with Gasteiger partial charge < -0.3 is 15.4 Å². The molecule has 1 aliphatic rings. The molecule has 1 amide bonds. The first-order valence-corrected chi connectivity index (χ1v) is 6.55. The van der Waals surface area contributed by atoms with E-state index in [0.29, 0.717) is 18.4 Å². The first-order valence-electron chi connectivity index (χ1n) is 6.55. The smallest absolute Gasteiger partial charge is 0.311 e. The van der Waals surface area contributed by atoms with E-state index in [1.807, 2.05) is 0 Å². The molecule has 0 unspecified atom stereocenters. The summed E-state index contributed by atoms with van der Waals surface area (Å²) in [6.07, 6.45) is 3.73. The minimum Gasteiger partial charge on any atom is -0.481 e. The van der Waals surface area contributed by atoms with E-state index in [-0.39, 0.29) is 12.5 Å². The molecule has 1 fully saturated rings. The van der Waals surface area contributed by atoms with E-state index >= 15 is 0 Å². The van der Waals surface area contributed by atoms with E-state index in [1.165, 1.54) is 0 Å². The van der Waals surface area contributed by atoms with Gasteiger partial charge in [0.25, 0.3) is 5.91 Å². The molecule has 0 spiro atoms. The van der Waals surface area contributed by atoms with Crippen molar-refractivity contribution in [3.63, 3.8) is 0 Å². The van der Waals surface area contributed by atoms with Crippen molar-refractivity contribution in [3.8, 4) is 0 Å². The molecular formula is C14H15N3O3. The Morgan fingerprint density at radius 1 is 1.40 bits per heavy atom. The van der Waals surface area contributed by atoms with Crippen LogP contribution in [0.3, 0.4) is 0 Å². The van der Waals surface area contributed by atoms with Gasteiger partial charge in [-0.15, -0.1) is 0 Å². The van der Waals surface area contributed by atoms with Gasteiger partial charge in [-0.1, -0.05) is 6.42 Å². The van der Waals surface area contributed by atoms with Gasteiger partial charge in [-0.2, -0.15) is 0 Å².